The van der Waals surface area contributed by atoms with Crippen molar-refractivity contribution < 1.29 is 9.90 Å². The van der Waals surface area contributed by atoms with Crippen LogP contribution in [0.4, 0.5) is 5.82 Å². The number of nitrogen functional groups attached to an aromatic ring is 1. The molecule has 0 radical (unpaired) electrons. The Morgan fingerprint density at radius 3 is 2.68 bits per heavy atom. The van der Waals surface area contributed by atoms with Gasteiger partial charge in [-0.1, -0.05) is 20.3 Å². The Kier molecular flexibility index (Phi) is 6.29. The van der Waals surface area contributed by atoms with Crippen molar-refractivity contribution in [3.8, 4) is 0 Å². The summed E-state index contributed by atoms with van der Waals surface area (Å²) in [6, 6.07) is 3.37. The number of rotatable bonds is 7. The molecule has 1 aromatic heterocycles. The molecule has 1 rings (SSSR count). The van der Waals surface area contributed by atoms with Gasteiger partial charge in [-0.2, -0.15) is 0 Å². The standard InChI is InChI=1S/C14H23N3O2/c1-3-5-6-17(7-8-18)14(19)11-9-12(4-2)16-13(15)10-11/h9-10,18H,3-8H2,1-2H3,(H2,15,16). The Morgan fingerprint density at radius 1 is 1.37 bits per heavy atom. The van der Waals surface area contributed by atoms with Crippen LogP contribution in [-0.2, 0) is 6.42 Å². The molecule has 0 atom stereocenters. The van der Waals surface area contributed by atoms with E-state index in [0.29, 0.717) is 24.5 Å². The number of aryl methyl sites for hydroxylation is 1. The van der Waals surface area contributed by atoms with Gasteiger partial charge in [0.1, 0.15) is 5.82 Å². The molecule has 106 valence electrons. The third-order valence-corrected chi connectivity index (χ3v) is 2.95. The summed E-state index contributed by atoms with van der Waals surface area (Å²) in [5.74, 6) is 0.272. The Morgan fingerprint density at radius 2 is 2.11 bits per heavy atom. The number of aliphatic hydroxyl groups is 1. The number of hydrogen-bond acceptors (Lipinski definition) is 4. The van der Waals surface area contributed by atoms with Gasteiger partial charge < -0.3 is 15.7 Å². The molecule has 0 aromatic carbocycles. The SMILES string of the molecule is CCCCN(CCO)C(=O)c1cc(N)nc(CC)c1. The summed E-state index contributed by atoms with van der Waals surface area (Å²) in [7, 11) is 0. The van der Waals surface area contributed by atoms with E-state index in [0.717, 1.165) is 25.0 Å². The molecule has 0 unspecified atom stereocenters. The minimum Gasteiger partial charge on any atom is -0.395 e. The second-order valence-electron chi connectivity index (χ2n) is 4.49. The highest BCUT2D eigenvalue weighted by molar-refractivity contribution is 5.95. The highest BCUT2D eigenvalue weighted by Gasteiger charge is 2.16. The van der Waals surface area contributed by atoms with Crippen LogP contribution in [0.25, 0.3) is 0 Å². The van der Waals surface area contributed by atoms with E-state index < -0.39 is 0 Å². The first-order valence-electron chi connectivity index (χ1n) is 6.78. The monoisotopic (exact) mass is 265 g/mol. The highest BCUT2D eigenvalue weighted by atomic mass is 16.3. The zero-order chi connectivity index (χ0) is 14.3. The van der Waals surface area contributed by atoms with E-state index in [1.165, 1.54) is 0 Å². The van der Waals surface area contributed by atoms with E-state index in [4.69, 9.17) is 10.8 Å². The van der Waals surface area contributed by atoms with Gasteiger partial charge in [0, 0.05) is 24.3 Å². The molecule has 3 N–H and O–H groups in total. The average Bonchev–Trinajstić information content (AvgIpc) is 2.41. The van der Waals surface area contributed by atoms with E-state index in [1.807, 2.05) is 6.92 Å². The summed E-state index contributed by atoms with van der Waals surface area (Å²) in [5.41, 5.74) is 7.07. The number of anilines is 1. The molecule has 19 heavy (non-hydrogen) atoms. The summed E-state index contributed by atoms with van der Waals surface area (Å²) < 4.78 is 0. The predicted octanol–water partition coefficient (Wildman–Crippen LogP) is 1.46. The molecule has 0 aliphatic carbocycles. The Bertz CT molecular complexity index is 421. The third-order valence-electron chi connectivity index (χ3n) is 2.95. The Hall–Kier alpha value is -1.62. The van der Waals surface area contributed by atoms with Crippen molar-refractivity contribution >= 4 is 11.7 Å². The van der Waals surface area contributed by atoms with Crippen molar-refractivity contribution in [2.24, 2.45) is 0 Å². The molecule has 1 amide bonds. The zero-order valence-electron chi connectivity index (χ0n) is 11.7. The van der Waals surface area contributed by atoms with E-state index in [-0.39, 0.29) is 12.5 Å². The maximum Gasteiger partial charge on any atom is 0.254 e. The quantitative estimate of drug-likeness (QED) is 0.782. The lowest BCUT2D eigenvalue weighted by Gasteiger charge is -2.22. The summed E-state index contributed by atoms with van der Waals surface area (Å²) in [6.07, 6.45) is 2.67. The van der Waals surface area contributed by atoms with Gasteiger partial charge in [-0.05, 0) is 25.0 Å². The number of carbonyl (C=O) groups excluding carboxylic acids is 1. The lowest BCUT2D eigenvalue weighted by atomic mass is 10.1. The van der Waals surface area contributed by atoms with Gasteiger partial charge >= 0.3 is 0 Å². The van der Waals surface area contributed by atoms with Crippen LogP contribution < -0.4 is 5.73 Å². The summed E-state index contributed by atoms with van der Waals surface area (Å²) in [6.45, 7) is 5.01. The smallest absolute Gasteiger partial charge is 0.254 e. The second kappa shape index (κ2) is 7.74. The fourth-order valence-electron chi connectivity index (χ4n) is 1.88. The molecule has 0 saturated carbocycles. The van der Waals surface area contributed by atoms with Crippen LogP contribution in [0.5, 0.6) is 0 Å². The topological polar surface area (TPSA) is 79.5 Å². The molecule has 0 aliphatic rings. The van der Waals surface area contributed by atoms with Gasteiger partial charge in [0.05, 0.1) is 6.61 Å². The molecule has 0 saturated heterocycles. The molecular weight excluding hydrogens is 242 g/mol. The highest BCUT2D eigenvalue weighted by Crippen LogP contribution is 2.12. The number of amides is 1. The van der Waals surface area contributed by atoms with Crippen molar-refractivity contribution in [3.05, 3.63) is 23.4 Å². The van der Waals surface area contributed by atoms with Crippen molar-refractivity contribution in [1.82, 2.24) is 9.88 Å². The minimum atomic E-state index is -0.0914. The van der Waals surface area contributed by atoms with Gasteiger partial charge in [-0.25, -0.2) is 4.98 Å². The molecule has 1 heterocycles. The van der Waals surface area contributed by atoms with Crippen molar-refractivity contribution in [2.45, 2.75) is 33.1 Å². The Labute approximate surface area is 114 Å². The normalized spacial score (nSPS) is 10.5. The third kappa shape index (κ3) is 4.52. The average molecular weight is 265 g/mol. The molecule has 0 fully saturated rings. The fraction of sp³-hybridized carbons (Fsp3) is 0.571. The number of nitrogens with two attached hydrogens (primary N) is 1. The van der Waals surface area contributed by atoms with Crippen LogP contribution >= 0.6 is 0 Å². The second-order valence-corrected chi connectivity index (χ2v) is 4.49. The molecule has 0 spiro atoms. The number of carbonyl (C=O) groups is 1. The maximum atomic E-state index is 12.4. The van der Waals surface area contributed by atoms with Gasteiger partial charge in [-0.3, -0.25) is 4.79 Å². The van der Waals surface area contributed by atoms with E-state index in [1.54, 1.807) is 17.0 Å². The molecule has 0 bridgehead atoms. The first kappa shape index (κ1) is 15.4. The van der Waals surface area contributed by atoms with Crippen LogP contribution in [0, 0.1) is 0 Å². The van der Waals surface area contributed by atoms with Gasteiger partial charge in [0.2, 0.25) is 0 Å². The molecule has 5 heteroatoms. The van der Waals surface area contributed by atoms with Crippen LogP contribution in [0.3, 0.4) is 0 Å². The number of pyridine rings is 1. The number of aromatic nitrogens is 1. The fourth-order valence-corrected chi connectivity index (χ4v) is 1.88. The minimum absolute atomic E-state index is 0.0311. The van der Waals surface area contributed by atoms with E-state index >= 15 is 0 Å². The van der Waals surface area contributed by atoms with E-state index in [9.17, 15) is 4.79 Å². The molecule has 0 aliphatic heterocycles. The zero-order valence-corrected chi connectivity index (χ0v) is 11.7. The largest absolute Gasteiger partial charge is 0.395 e. The lowest BCUT2D eigenvalue weighted by Crippen LogP contribution is -2.34. The maximum absolute atomic E-state index is 12.4. The van der Waals surface area contributed by atoms with Crippen molar-refractivity contribution in [2.75, 3.05) is 25.4 Å². The van der Waals surface area contributed by atoms with Gasteiger partial charge in [-0.15, -0.1) is 0 Å². The first-order valence-corrected chi connectivity index (χ1v) is 6.78. The predicted molar refractivity (Wildman–Crippen MR) is 75.9 cm³/mol. The molecule has 1 aromatic rings. The number of nitrogens with zero attached hydrogens (tertiary/aromatic N) is 2. The van der Waals surface area contributed by atoms with Crippen LogP contribution in [0.1, 0.15) is 42.7 Å². The summed E-state index contributed by atoms with van der Waals surface area (Å²) in [4.78, 5) is 18.2. The lowest BCUT2D eigenvalue weighted by molar-refractivity contribution is 0.0719. The van der Waals surface area contributed by atoms with Crippen LogP contribution in [0.2, 0.25) is 0 Å². The van der Waals surface area contributed by atoms with Crippen molar-refractivity contribution in [3.63, 3.8) is 0 Å². The van der Waals surface area contributed by atoms with Gasteiger partial charge in [0.25, 0.3) is 5.91 Å². The van der Waals surface area contributed by atoms with Crippen LogP contribution in [0.15, 0.2) is 12.1 Å². The molecular formula is C14H23N3O2. The number of unbranched alkanes of at least 4 members (excludes halogenated alkanes) is 1. The number of hydrogen-bond donors (Lipinski definition) is 2. The summed E-state index contributed by atoms with van der Waals surface area (Å²) >= 11 is 0. The van der Waals surface area contributed by atoms with E-state index in [2.05, 4.69) is 11.9 Å². The first-order chi connectivity index (χ1) is 9.12. The van der Waals surface area contributed by atoms with Crippen LogP contribution in [-0.4, -0.2) is 40.6 Å². The van der Waals surface area contributed by atoms with Crippen molar-refractivity contribution in [1.29, 1.82) is 0 Å². The molecule has 5 nitrogen and oxygen atoms in total. The van der Waals surface area contributed by atoms with Gasteiger partial charge in [0.15, 0.2) is 0 Å². The summed E-state index contributed by atoms with van der Waals surface area (Å²) in [5, 5.41) is 9.06. The Balaban J connectivity index is 2.91. The number of aliphatic hydroxyl groups excluding tert-OH is 1.